The molecule has 6 nitrogen and oxygen atoms in total. The zero-order valence-electron chi connectivity index (χ0n) is 12.2. The summed E-state index contributed by atoms with van der Waals surface area (Å²) in [4.78, 5) is 15.6. The van der Waals surface area contributed by atoms with E-state index in [2.05, 4.69) is 10.1 Å². The van der Waals surface area contributed by atoms with E-state index >= 15 is 0 Å². The molecule has 0 aliphatic rings. The Bertz CT molecular complexity index is 881. The van der Waals surface area contributed by atoms with Crippen LogP contribution in [-0.2, 0) is 6.61 Å². The zero-order valence-corrected chi connectivity index (χ0v) is 13.0. The molecule has 0 fully saturated rings. The molecule has 3 aromatic rings. The largest absolute Gasteiger partial charge is 0.483 e. The molecule has 1 aromatic heterocycles. The van der Waals surface area contributed by atoms with Gasteiger partial charge in [0.2, 0.25) is 5.82 Å². The van der Waals surface area contributed by atoms with Crippen molar-refractivity contribution in [1.29, 1.82) is 0 Å². The van der Waals surface area contributed by atoms with E-state index in [0.29, 0.717) is 16.4 Å². The number of carbonyl (C=O) groups excluding carboxylic acids is 1. The molecule has 0 saturated carbocycles. The molecule has 8 heteroatoms. The number of amides is 1. The lowest BCUT2D eigenvalue weighted by Crippen LogP contribution is -2.13. The highest BCUT2D eigenvalue weighted by Gasteiger charge is 2.13. The summed E-state index contributed by atoms with van der Waals surface area (Å²) >= 11 is 5.83. The van der Waals surface area contributed by atoms with Gasteiger partial charge in [-0.3, -0.25) is 4.79 Å². The van der Waals surface area contributed by atoms with Crippen LogP contribution >= 0.6 is 11.6 Å². The second-order valence-electron chi connectivity index (χ2n) is 4.81. The first-order valence-corrected chi connectivity index (χ1v) is 7.21. The van der Waals surface area contributed by atoms with Crippen molar-refractivity contribution in [2.45, 2.75) is 6.61 Å². The van der Waals surface area contributed by atoms with Crippen molar-refractivity contribution in [2.24, 2.45) is 5.73 Å². The van der Waals surface area contributed by atoms with Crippen molar-refractivity contribution in [1.82, 2.24) is 10.1 Å². The predicted octanol–water partition coefficient (Wildman–Crippen LogP) is 3.21. The van der Waals surface area contributed by atoms with E-state index in [9.17, 15) is 9.18 Å². The van der Waals surface area contributed by atoms with Gasteiger partial charge in [0.25, 0.3) is 11.8 Å². The Labute approximate surface area is 141 Å². The second-order valence-corrected chi connectivity index (χ2v) is 5.25. The van der Waals surface area contributed by atoms with Crippen molar-refractivity contribution in [3.8, 4) is 17.1 Å². The average Bonchev–Trinajstić information content (AvgIpc) is 3.03. The highest BCUT2D eigenvalue weighted by molar-refractivity contribution is 6.31. The minimum Gasteiger partial charge on any atom is -0.483 e. The number of carbonyl (C=O) groups is 1. The third kappa shape index (κ3) is 3.52. The molecular weight excluding hydrogens is 337 g/mol. The number of hydrogen-bond acceptors (Lipinski definition) is 5. The van der Waals surface area contributed by atoms with Gasteiger partial charge >= 0.3 is 0 Å². The lowest BCUT2D eigenvalue weighted by molar-refractivity contribution is 0.0995. The molecule has 3 rings (SSSR count). The fraction of sp³-hybridized carbons (Fsp3) is 0.0625. The third-order valence-corrected chi connectivity index (χ3v) is 3.36. The van der Waals surface area contributed by atoms with Crippen LogP contribution in [0.4, 0.5) is 4.39 Å². The maximum atomic E-state index is 12.9. The average molecular weight is 348 g/mol. The SMILES string of the molecule is NC(=O)c1cc(Cl)ccc1OCc1nc(-c2ccc(F)cc2)no1. The lowest BCUT2D eigenvalue weighted by atomic mass is 10.2. The number of hydrogen-bond donors (Lipinski definition) is 1. The van der Waals surface area contributed by atoms with Crippen LogP contribution in [-0.4, -0.2) is 16.0 Å². The minimum atomic E-state index is -0.662. The molecule has 24 heavy (non-hydrogen) atoms. The molecule has 122 valence electrons. The second kappa shape index (κ2) is 6.67. The number of primary amides is 1. The van der Waals surface area contributed by atoms with E-state index in [1.807, 2.05) is 0 Å². The highest BCUT2D eigenvalue weighted by atomic mass is 35.5. The van der Waals surface area contributed by atoms with Gasteiger partial charge in [-0.05, 0) is 42.5 Å². The van der Waals surface area contributed by atoms with Gasteiger partial charge in [-0.25, -0.2) is 4.39 Å². The molecule has 2 N–H and O–H groups in total. The van der Waals surface area contributed by atoms with Gasteiger partial charge in [0, 0.05) is 10.6 Å². The van der Waals surface area contributed by atoms with Crippen LogP contribution in [0.3, 0.4) is 0 Å². The van der Waals surface area contributed by atoms with Crippen LogP contribution in [0.1, 0.15) is 16.2 Å². The monoisotopic (exact) mass is 347 g/mol. The van der Waals surface area contributed by atoms with Gasteiger partial charge in [-0.1, -0.05) is 16.8 Å². The fourth-order valence-electron chi connectivity index (χ4n) is 1.99. The maximum absolute atomic E-state index is 12.9. The van der Waals surface area contributed by atoms with Gasteiger partial charge in [0.1, 0.15) is 11.6 Å². The van der Waals surface area contributed by atoms with Crippen molar-refractivity contribution >= 4 is 17.5 Å². The Hall–Kier alpha value is -2.93. The molecule has 0 aliphatic heterocycles. The number of nitrogens with zero attached hydrogens (tertiary/aromatic N) is 2. The molecule has 1 amide bonds. The molecule has 0 aliphatic carbocycles. The molecule has 0 atom stereocenters. The summed E-state index contributed by atoms with van der Waals surface area (Å²) in [5, 5.41) is 4.17. The Morgan fingerprint density at radius 2 is 2.00 bits per heavy atom. The topological polar surface area (TPSA) is 91.2 Å². The number of halogens is 2. The number of ether oxygens (including phenoxy) is 1. The van der Waals surface area contributed by atoms with E-state index in [0.717, 1.165) is 0 Å². The van der Waals surface area contributed by atoms with Crippen LogP contribution in [0.25, 0.3) is 11.4 Å². The lowest BCUT2D eigenvalue weighted by Gasteiger charge is -2.07. The zero-order chi connectivity index (χ0) is 17.1. The van der Waals surface area contributed by atoms with E-state index < -0.39 is 5.91 Å². The van der Waals surface area contributed by atoms with Gasteiger partial charge in [-0.15, -0.1) is 0 Å². The smallest absolute Gasteiger partial charge is 0.264 e. The number of benzene rings is 2. The van der Waals surface area contributed by atoms with Crippen LogP contribution in [0.2, 0.25) is 5.02 Å². The van der Waals surface area contributed by atoms with Crippen LogP contribution < -0.4 is 10.5 Å². The van der Waals surface area contributed by atoms with E-state index in [4.69, 9.17) is 26.6 Å². The van der Waals surface area contributed by atoms with Gasteiger partial charge in [-0.2, -0.15) is 4.98 Å². The summed E-state index contributed by atoms with van der Waals surface area (Å²) in [6, 6.07) is 10.2. The third-order valence-electron chi connectivity index (χ3n) is 3.13. The van der Waals surface area contributed by atoms with E-state index in [-0.39, 0.29) is 29.6 Å². The van der Waals surface area contributed by atoms with Crippen LogP contribution in [0, 0.1) is 5.82 Å². The van der Waals surface area contributed by atoms with E-state index in [1.165, 1.54) is 36.4 Å². The van der Waals surface area contributed by atoms with Crippen LogP contribution in [0.15, 0.2) is 47.0 Å². The molecule has 0 radical (unpaired) electrons. The standard InChI is InChI=1S/C16H11ClFN3O3/c17-10-3-6-13(12(7-10)15(19)22)23-8-14-20-16(21-24-14)9-1-4-11(18)5-2-9/h1-7H,8H2,(H2,19,22). The number of rotatable bonds is 5. The summed E-state index contributed by atoms with van der Waals surface area (Å²) in [5.41, 5.74) is 6.05. The minimum absolute atomic E-state index is 0.0594. The van der Waals surface area contributed by atoms with Gasteiger partial charge < -0.3 is 15.0 Å². The highest BCUT2D eigenvalue weighted by Crippen LogP contribution is 2.24. The summed E-state index contributed by atoms with van der Waals surface area (Å²) < 4.78 is 23.5. The molecule has 0 unspecified atom stereocenters. The quantitative estimate of drug-likeness (QED) is 0.765. The first-order chi connectivity index (χ1) is 11.5. The maximum Gasteiger partial charge on any atom is 0.264 e. The molecule has 1 heterocycles. The molecule has 0 bridgehead atoms. The molecule has 2 aromatic carbocycles. The van der Waals surface area contributed by atoms with Crippen molar-refractivity contribution in [2.75, 3.05) is 0 Å². The first-order valence-electron chi connectivity index (χ1n) is 6.83. The normalized spacial score (nSPS) is 10.6. The van der Waals surface area contributed by atoms with Crippen molar-refractivity contribution < 1.29 is 18.4 Å². The van der Waals surface area contributed by atoms with Crippen LogP contribution in [0.5, 0.6) is 5.75 Å². The van der Waals surface area contributed by atoms with Crippen molar-refractivity contribution in [3.63, 3.8) is 0 Å². The van der Waals surface area contributed by atoms with Gasteiger partial charge in [0.15, 0.2) is 6.61 Å². The molecule has 0 saturated heterocycles. The number of aromatic nitrogens is 2. The summed E-state index contributed by atoms with van der Waals surface area (Å²) in [5.74, 6) is -0.259. The van der Waals surface area contributed by atoms with Crippen molar-refractivity contribution in [3.05, 3.63) is 64.8 Å². The fourth-order valence-corrected chi connectivity index (χ4v) is 2.16. The Morgan fingerprint density at radius 1 is 1.25 bits per heavy atom. The first kappa shape index (κ1) is 15.9. The predicted molar refractivity (Wildman–Crippen MR) is 84.0 cm³/mol. The summed E-state index contributed by atoms with van der Waals surface area (Å²) in [6.07, 6.45) is 0. The summed E-state index contributed by atoms with van der Waals surface area (Å²) in [7, 11) is 0. The molecule has 0 spiro atoms. The van der Waals surface area contributed by atoms with Gasteiger partial charge in [0.05, 0.1) is 5.56 Å². The Morgan fingerprint density at radius 3 is 2.71 bits per heavy atom. The Balaban J connectivity index is 1.74. The van der Waals surface area contributed by atoms with E-state index in [1.54, 1.807) is 6.07 Å². The molecular formula is C16H11ClFN3O3. The Kier molecular flexibility index (Phi) is 4.43. The number of nitrogens with two attached hydrogens (primary N) is 1. The summed E-state index contributed by atoms with van der Waals surface area (Å²) in [6.45, 7) is -0.0594.